The van der Waals surface area contributed by atoms with Gasteiger partial charge in [-0.2, -0.15) is 8.78 Å². The molecule has 0 heterocycles. The maximum atomic E-state index is 13.1. The van der Waals surface area contributed by atoms with Gasteiger partial charge in [0.05, 0.1) is 4.47 Å². The van der Waals surface area contributed by atoms with Crippen molar-refractivity contribution in [2.45, 2.75) is 17.2 Å². The summed E-state index contributed by atoms with van der Waals surface area (Å²) in [5, 5.41) is 3.08. The van der Waals surface area contributed by atoms with Crippen LogP contribution in [-0.2, 0) is 6.54 Å². The van der Waals surface area contributed by atoms with Gasteiger partial charge in [-0.15, -0.1) is 0 Å². The van der Waals surface area contributed by atoms with Crippen LogP contribution in [-0.4, -0.2) is 5.76 Å². The fourth-order valence-electron chi connectivity index (χ4n) is 1.66. The fraction of sp³-hybridized carbons (Fsp3) is 0.143. The molecule has 106 valence electrons. The number of para-hydroxylation sites is 1. The van der Waals surface area contributed by atoms with Gasteiger partial charge in [-0.3, -0.25) is 0 Å². The summed E-state index contributed by atoms with van der Waals surface area (Å²) in [5.41, 5.74) is 1.49. The Balaban J connectivity index is 2.08. The SMILES string of the molecule is Fc1ccc(CNc2ccccc2SC(F)F)cc1Br. The van der Waals surface area contributed by atoms with Crippen LogP contribution < -0.4 is 5.32 Å². The van der Waals surface area contributed by atoms with Crippen molar-refractivity contribution in [3.8, 4) is 0 Å². The summed E-state index contributed by atoms with van der Waals surface area (Å²) in [6.45, 7) is 0.430. The number of alkyl halides is 2. The molecule has 0 unspecified atom stereocenters. The minimum atomic E-state index is -2.46. The van der Waals surface area contributed by atoms with E-state index >= 15 is 0 Å². The van der Waals surface area contributed by atoms with Crippen LogP contribution in [0.4, 0.5) is 18.9 Å². The quantitative estimate of drug-likeness (QED) is 0.704. The molecule has 0 bridgehead atoms. The van der Waals surface area contributed by atoms with E-state index in [-0.39, 0.29) is 5.82 Å². The monoisotopic (exact) mass is 361 g/mol. The van der Waals surface area contributed by atoms with E-state index in [4.69, 9.17) is 0 Å². The zero-order chi connectivity index (χ0) is 14.5. The molecule has 2 aromatic carbocycles. The zero-order valence-electron chi connectivity index (χ0n) is 10.2. The van der Waals surface area contributed by atoms with Gasteiger partial charge in [-0.25, -0.2) is 4.39 Å². The van der Waals surface area contributed by atoms with Crippen molar-refractivity contribution in [2.75, 3.05) is 5.32 Å². The summed E-state index contributed by atoms with van der Waals surface area (Å²) >= 11 is 3.61. The van der Waals surface area contributed by atoms with Gasteiger partial charge in [0, 0.05) is 17.1 Å². The molecular formula is C14H11BrF3NS. The lowest BCUT2D eigenvalue weighted by Gasteiger charge is -2.11. The van der Waals surface area contributed by atoms with Gasteiger partial charge < -0.3 is 5.32 Å². The number of rotatable bonds is 5. The van der Waals surface area contributed by atoms with Crippen molar-refractivity contribution in [1.82, 2.24) is 0 Å². The molecule has 0 saturated carbocycles. The lowest BCUT2D eigenvalue weighted by molar-refractivity contribution is 0.252. The molecule has 2 aromatic rings. The average Bonchev–Trinajstić information content (AvgIpc) is 2.41. The first-order valence-corrected chi connectivity index (χ1v) is 7.45. The number of benzene rings is 2. The maximum absolute atomic E-state index is 13.1. The second kappa shape index (κ2) is 7.04. The predicted octanol–water partition coefficient (Wildman–Crippen LogP) is 5.52. The minimum absolute atomic E-state index is 0.331. The summed E-state index contributed by atoms with van der Waals surface area (Å²) in [4.78, 5) is 0.490. The first-order valence-electron chi connectivity index (χ1n) is 5.78. The van der Waals surface area contributed by atoms with Crippen molar-refractivity contribution in [2.24, 2.45) is 0 Å². The van der Waals surface area contributed by atoms with Crippen LogP contribution in [0.1, 0.15) is 5.56 Å². The Bertz CT molecular complexity index is 592. The van der Waals surface area contributed by atoms with Crippen molar-refractivity contribution in [1.29, 1.82) is 0 Å². The molecule has 6 heteroatoms. The van der Waals surface area contributed by atoms with Crippen LogP contribution in [0.5, 0.6) is 0 Å². The number of hydrogen-bond acceptors (Lipinski definition) is 2. The largest absolute Gasteiger partial charge is 0.380 e. The molecule has 0 fully saturated rings. The molecule has 0 aromatic heterocycles. The molecule has 1 N–H and O–H groups in total. The van der Waals surface area contributed by atoms with Crippen molar-refractivity contribution < 1.29 is 13.2 Å². The van der Waals surface area contributed by atoms with Crippen molar-refractivity contribution >= 4 is 33.4 Å². The van der Waals surface area contributed by atoms with Gasteiger partial charge in [0.15, 0.2) is 0 Å². The van der Waals surface area contributed by atoms with Gasteiger partial charge in [0.25, 0.3) is 5.76 Å². The van der Waals surface area contributed by atoms with Crippen LogP contribution in [0.3, 0.4) is 0 Å². The number of thioether (sulfide) groups is 1. The highest BCUT2D eigenvalue weighted by molar-refractivity contribution is 9.10. The van der Waals surface area contributed by atoms with E-state index in [9.17, 15) is 13.2 Å². The molecule has 0 saturated heterocycles. The van der Waals surface area contributed by atoms with E-state index in [1.54, 1.807) is 36.4 Å². The second-order valence-corrected chi connectivity index (χ2v) is 5.86. The van der Waals surface area contributed by atoms with Gasteiger partial charge in [-0.05, 0) is 45.8 Å². The zero-order valence-corrected chi connectivity index (χ0v) is 12.6. The Morgan fingerprint density at radius 2 is 1.90 bits per heavy atom. The predicted molar refractivity (Wildman–Crippen MR) is 79.7 cm³/mol. The molecule has 1 nitrogen and oxygen atoms in total. The van der Waals surface area contributed by atoms with Crippen LogP contribution in [0.25, 0.3) is 0 Å². The topological polar surface area (TPSA) is 12.0 Å². The molecule has 0 atom stereocenters. The van der Waals surface area contributed by atoms with Crippen molar-refractivity contribution in [3.05, 3.63) is 58.3 Å². The summed E-state index contributed by atoms with van der Waals surface area (Å²) < 4.78 is 38.4. The van der Waals surface area contributed by atoms with E-state index in [0.29, 0.717) is 33.4 Å². The van der Waals surface area contributed by atoms with Crippen LogP contribution in [0.2, 0.25) is 0 Å². The number of nitrogens with one attached hydrogen (secondary N) is 1. The summed E-state index contributed by atoms with van der Waals surface area (Å²) in [5.74, 6) is -2.79. The maximum Gasteiger partial charge on any atom is 0.288 e. The Morgan fingerprint density at radius 1 is 1.15 bits per heavy atom. The molecule has 2 rings (SSSR count). The molecular weight excluding hydrogens is 351 g/mol. The second-order valence-electron chi connectivity index (χ2n) is 3.98. The van der Waals surface area contributed by atoms with E-state index in [1.165, 1.54) is 6.07 Å². The third kappa shape index (κ3) is 4.18. The van der Waals surface area contributed by atoms with Gasteiger partial charge in [-0.1, -0.05) is 30.0 Å². The molecule has 0 radical (unpaired) electrons. The summed E-state index contributed by atoms with van der Waals surface area (Å²) in [6.07, 6.45) is 0. The smallest absolute Gasteiger partial charge is 0.288 e. The summed E-state index contributed by atoms with van der Waals surface area (Å²) in [6, 6.07) is 11.5. The number of anilines is 1. The Labute approximate surface area is 127 Å². The number of hydrogen-bond donors (Lipinski definition) is 1. The Kier molecular flexibility index (Phi) is 5.37. The van der Waals surface area contributed by atoms with Gasteiger partial charge in [0.2, 0.25) is 0 Å². The summed E-state index contributed by atoms with van der Waals surface area (Å²) in [7, 11) is 0. The van der Waals surface area contributed by atoms with Crippen LogP contribution in [0.15, 0.2) is 51.8 Å². The molecule has 20 heavy (non-hydrogen) atoms. The highest BCUT2D eigenvalue weighted by Gasteiger charge is 2.09. The van der Waals surface area contributed by atoms with Crippen LogP contribution in [0, 0.1) is 5.82 Å². The molecule has 0 aliphatic rings. The van der Waals surface area contributed by atoms with E-state index in [1.807, 2.05) is 0 Å². The first-order chi connectivity index (χ1) is 9.56. The third-order valence-corrected chi connectivity index (χ3v) is 3.97. The molecule has 0 amide bonds. The molecule has 0 spiro atoms. The Morgan fingerprint density at radius 3 is 2.60 bits per heavy atom. The average molecular weight is 362 g/mol. The van der Waals surface area contributed by atoms with E-state index in [0.717, 1.165) is 5.56 Å². The standard InChI is InChI=1S/C14H11BrF3NS/c15-10-7-9(5-6-11(10)16)8-19-12-3-1-2-4-13(12)20-14(17)18/h1-7,14,19H,8H2. The molecule has 0 aliphatic carbocycles. The fourth-order valence-corrected chi connectivity index (χ4v) is 2.70. The minimum Gasteiger partial charge on any atom is -0.380 e. The highest BCUT2D eigenvalue weighted by atomic mass is 79.9. The highest BCUT2D eigenvalue weighted by Crippen LogP contribution is 2.32. The Hall–Kier alpha value is -1.14. The third-order valence-electron chi connectivity index (χ3n) is 2.57. The van der Waals surface area contributed by atoms with E-state index < -0.39 is 5.76 Å². The normalized spacial score (nSPS) is 10.8. The van der Waals surface area contributed by atoms with Crippen LogP contribution >= 0.6 is 27.7 Å². The molecule has 0 aliphatic heterocycles. The van der Waals surface area contributed by atoms with E-state index in [2.05, 4.69) is 21.2 Å². The first kappa shape index (κ1) is 15.3. The number of halogens is 4. The van der Waals surface area contributed by atoms with Gasteiger partial charge >= 0.3 is 0 Å². The lowest BCUT2D eigenvalue weighted by atomic mass is 10.2. The lowest BCUT2D eigenvalue weighted by Crippen LogP contribution is -2.01. The van der Waals surface area contributed by atoms with Gasteiger partial charge in [0.1, 0.15) is 5.82 Å². The van der Waals surface area contributed by atoms with Crippen molar-refractivity contribution in [3.63, 3.8) is 0 Å².